The number of aromatic nitrogens is 1. The second kappa shape index (κ2) is 5.79. The molecule has 0 unspecified atom stereocenters. The average Bonchev–Trinajstić information content (AvgIpc) is 2.53. The number of hydrogen-bond acceptors (Lipinski definition) is 4. The van der Waals surface area contributed by atoms with Gasteiger partial charge in [0.25, 0.3) is 0 Å². The molecule has 4 nitrogen and oxygen atoms in total. The summed E-state index contributed by atoms with van der Waals surface area (Å²) in [5, 5.41) is 0.612. The lowest BCUT2D eigenvalue weighted by Gasteiger charge is -2.10. The van der Waals surface area contributed by atoms with E-state index in [0.717, 1.165) is 12.1 Å². The lowest BCUT2D eigenvalue weighted by Crippen LogP contribution is -2.17. The van der Waals surface area contributed by atoms with Crippen LogP contribution in [-0.4, -0.2) is 19.8 Å². The van der Waals surface area contributed by atoms with Crippen molar-refractivity contribution >= 4 is 20.7 Å². The van der Waals surface area contributed by atoms with Gasteiger partial charge >= 0.3 is 6.36 Å². The lowest BCUT2D eigenvalue weighted by atomic mass is 10.2. The maximum Gasteiger partial charge on any atom is 0.573 e. The Morgan fingerprint density at radius 1 is 0.917 bits per heavy atom. The highest BCUT2D eigenvalue weighted by molar-refractivity contribution is 7.91. The number of sulfone groups is 1. The van der Waals surface area contributed by atoms with Crippen molar-refractivity contribution in [1.82, 2.24) is 4.98 Å². The fourth-order valence-corrected chi connectivity index (χ4v) is 3.45. The van der Waals surface area contributed by atoms with Gasteiger partial charge in [0.1, 0.15) is 5.75 Å². The molecule has 24 heavy (non-hydrogen) atoms. The van der Waals surface area contributed by atoms with Crippen molar-refractivity contribution in [2.45, 2.75) is 16.2 Å². The number of hydrogen-bond donors (Lipinski definition) is 0. The van der Waals surface area contributed by atoms with Crippen molar-refractivity contribution in [3.8, 4) is 5.75 Å². The zero-order valence-corrected chi connectivity index (χ0v) is 12.8. The number of para-hydroxylation sites is 1. The number of rotatable bonds is 3. The van der Waals surface area contributed by atoms with E-state index in [4.69, 9.17) is 0 Å². The molecule has 1 heterocycles. The normalized spacial score (nSPS) is 12.3. The van der Waals surface area contributed by atoms with Crippen molar-refractivity contribution in [2.24, 2.45) is 0 Å². The Labute approximate surface area is 135 Å². The van der Waals surface area contributed by atoms with Crippen molar-refractivity contribution < 1.29 is 26.3 Å². The lowest BCUT2D eigenvalue weighted by molar-refractivity contribution is -0.274. The molecule has 2 aromatic carbocycles. The first-order chi connectivity index (χ1) is 11.3. The van der Waals surface area contributed by atoms with Gasteiger partial charge in [-0.15, -0.1) is 13.2 Å². The molecular formula is C16H10F3NO3S. The first-order valence-corrected chi connectivity index (χ1v) is 8.20. The molecule has 0 radical (unpaired) electrons. The highest BCUT2D eigenvalue weighted by Crippen LogP contribution is 2.28. The second-order valence-corrected chi connectivity index (χ2v) is 6.84. The number of alkyl halides is 3. The molecule has 0 saturated carbocycles. The van der Waals surface area contributed by atoms with Crippen molar-refractivity contribution in [3.05, 3.63) is 60.8 Å². The van der Waals surface area contributed by atoms with Crippen LogP contribution >= 0.6 is 0 Å². The van der Waals surface area contributed by atoms with Crippen LogP contribution in [0.25, 0.3) is 10.9 Å². The first-order valence-electron chi connectivity index (χ1n) is 6.71. The van der Waals surface area contributed by atoms with Crippen LogP contribution in [-0.2, 0) is 9.84 Å². The predicted molar refractivity (Wildman–Crippen MR) is 80.3 cm³/mol. The number of halogens is 3. The molecule has 0 amide bonds. The Hall–Kier alpha value is -2.61. The summed E-state index contributed by atoms with van der Waals surface area (Å²) >= 11 is 0. The van der Waals surface area contributed by atoms with E-state index in [9.17, 15) is 21.6 Å². The summed E-state index contributed by atoms with van der Waals surface area (Å²) in [6.07, 6.45) is -3.72. The molecule has 0 aliphatic heterocycles. The summed E-state index contributed by atoms with van der Waals surface area (Å²) < 4.78 is 65.9. The van der Waals surface area contributed by atoms with Gasteiger partial charge in [-0.05, 0) is 30.3 Å². The monoisotopic (exact) mass is 353 g/mol. The standard InChI is InChI=1S/C16H10F3NO3S/c17-16(18,19)23-12-5-3-6-13(9-12)24(21,22)14-8-11-4-1-2-7-15(11)20-10-14/h1-10H. The molecule has 0 fully saturated rings. The third kappa shape index (κ3) is 3.33. The molecule has 0 N–H and O–H groups in total. The van der Waals surface area contributed by atoms with Gasteiger partial charge in [-0.2, -0.15) is 0 Å². The van der Waals surface area contributed by atoms with E-state index < -0.39 is 21.9 Å². The van der Waals surface area contributed by atoms with Crippen LogP contribution in [0.3, 0.4) is 0 Å². The van der Waals surface area contributed by atoms with Crippen LogP contribution in [0.5, 0.6) is 5.75 Å². The smallest absolute Gasteiger partial charge is 0.406 e. The van der Waals surface area contributed by atoms with Crippen LogP contribution in [0.15, 0.2) is 70.6 Å². The number of ether oxygens (including phenoxy) is 1. The Morgan fingerprint density at radius 2 is 1.67 bits per heavy atom. The van der Waals surface area contributed by atoms with Gasteiger partial charge < -0.3 is 4.74 Å². The Kier molecular flexibility index (Phi) is 3.92. The Morgan fingerprint density at radius 3 is 2.42 bits per heavy atom. The molecular weight excluding hydrogens is 343 g/mol. The summed E-state index contributed by atoms with van der Waals surface area (Å²) in [5.74, 6) is -0.600. The van der Waals surface area contributed by atoms with Gasteiger partial charge in [0.05, 0.1) is 15.3 Å². The molecule has 0 aliphatic rings. The zero-order valence-electron chi connectivity index (χ0n) is 12.0. The van der Waals surface area contributed by atoms with Crippen molar-refractivity contribution in [2.75, 3.05) is 0 Å². The molecule has 0 bridgehead atoms. The number of benzene rings is 2. The predicted octanol–water partition coefficient (Wildman–Crippen LogP) is 3.97. The largest absolute Gasteiger partial charge is 0.573 e. The maximum absolute atomic E-state index is 12.6. The molecule has 8 heteroatoms. The van der Waals surface area contributed by atoms with E-state index in [1.807, 2.05) is 0 Å². The fourth-order valence-electron chi connectivity index (χ4n) is 2.17. The minimum Gasteiger partial charge on any atom is -0.406 e. The van der Waals surface area contributed by atoms with E-state index in [1.54, 1.807) is 24.3 Å². The van der Waals surface area contributed by atoms with E-state index in [1.165, 1.54) is 24.4 Å². The number of nitrogens with zero attached hydrogens (tertiary/aromatic N) is 1. The molecule has 1 aromatic heterocycles. The Bertz CT molecular complexity index is 1000. The average molecular weight is 353 g/mol. The van der Waals surface area contributed by atoms with Gasteiger partial charge in [-0.3, -0.25) is 4.98 Å². The van der Waals surface area contributed by atoms with E-state index in [2.05, 4.69) is 9.72 Å². The molecule has 124 valence electrons. The van der Waals surface area contributed by atoms with Gasteiger partial charge in [-0.1, -0.05) is 24.3 Å². The minimum atomic E-state index is -4.90. The third-order valence-corrected chi connectivity index (χ3v) is 4.94. The summed E-state index contributed by atoms with van der Waals surface area (Å²) in [5.41, 5.74) is 0.616. The molecule has 0 atom stereocenters. The van der Waals surface area contributed by atoms with Gasteiger partial charge in [0.2, 0.25) is 9.84 Å². The molecule has 0 saturated heterocycles. The summed E-state index contributed by atoms with van der Waals surface area (Å²) in [6.45, 7) is 0. The van der Waals surface area contributed by atoms with E-state index in [0.29, 0.717) is 10.9 Å². The fraction of sp³-hybridized carbons (Fsp3) is 0.0625. The third-order valence-electron chi connectivity index (χ3n) is 3.23. The van der Waals surface area contributed by atoms with Crippen LogP contribution in [0.4, 0.5) is 13.2 Å². The van der Waals surface area contributed by atoms with E-state index in [-0.39, 0.29) is 9.79 Å². The van der Waals surface area contributed by atoms with Crippen molar-refractivity contribution in [3.63, 3.8) is 0 Å². The molecule has 0 aliphatic carbocycles. The quantitative estimate of drug-likeness (QED) is 0.715. The summed E-state index contributed by atoms with van der Waals surface area (Å²) in [6, 6.07) is 12.6. The Balaban J connectivity index is 2.04. The summed E-state index contributed by atoms with van der Waals surface area (Å²) in [7, 11) is -4.02. The highest BCUT2D eigenvalue weighted by Gasteiger charge is 2.31. The number of fused-ring (bicyclic) bond motifs is 1. The SMILES string of the molecule is O=S(=O)(c1cccc(OC(F)(F)F)c1)c1cnc2ccccc2c1. The topological polar surface area (TPSA) is 56.3 Å². The van der Waals surface area contributed by atoms with Crippen LogP contribution < -0.4 is 4.74 Å². The van der Waals surface area contributed by atoms with Gasteiger partial charge in [0, 0.05) is 11.6 Å². The minimum absolute atomic E-state index is 0.106. The molecule has 3 rings (SSSR count). The summed E-state index contributed by atoms with van der Waals surface area (Å²) in [4.78, 5) is 3.65. The zero-order chi connectivity index (χ0) is 17.4. The van der Waals surface area contributed by atoms with Gasteiger partial charge in [-0.25, -0.2) is 8.42 Å². The highest BCUT2D eigenvalue weighted by atomic mass is 32.2. The maximum atomic E-state index is 12.6. The van der Waals surface area contributed by atoms with Gasteiger partial charge in [0.15, 0.2) is 0 Å². The molecule has 3 aromatic rings. The number of pyridine rings is 1. The van der Waals surface area contributed by atoms with Crippen LogP contribution in [0.1, 0.15) is 0 Å². The van der Waals surface area contributed by atoms with Crippen molar-refractivity contribution in [1.29, 1.82) is 0 Å². The van der Waals surface area contributed by atoms with Crippen LogP contribution in [0.2, 0.25) is 0 Å². The van der Waals surface area contributed by atoms with E-state index >= 15 is 0 Å². The first kappa shape index (κ1) is 16.3. The molecule has 0 spiro atoms. The van der Waals surface area contributed by atoms with Crippen LogP contribution in [0, 0.1) is 0 Å². The second-order valence-electron chi connectivity index (χ2n) is 4.89.